The molecule has 0 heterocycles. The molecule has 2 aliphatic rings. The van der Waals surface area contributed by atoms with Crippen molar-refractivity contribution in [3.63, 3.8) is 0 Å². The van der Waals surface area contributed by atoms with Crippen LogP contribution >= 0.6 is 0 Å². The van der Waals surface area contributed by atoms with Crippen molar-refractivity contribution >= 4 is 5.78 Å². The fraction of sp³-hybridized carbons (Fsp3) is 0.909. The van der Waals surface area contributed by atoms with Crippen LogP contribution in [-0.4, -0.2) is 12.3 Å². The summed E-state index contributed by atoms with van der Waals surface area (Å²) in [4.78, 5) is 11.8. The number of carbonyl (C=O) groups excluding carboxylic acids is 1. The predicted molar refractivity (Wildman–Crippen MR) is 52.3 cm³/mol. The topological polar surface area (TPSA) is 43.1 Å². The first-order chi connectivity index (χ1) is 6.27. The minimum atomic E-state index is -0.0745. The zero-order valence-electron chi connectivity index (χ0n) is 8.22. The second kappa shape index (κ2) is 3.41. The molecule has 0 bridgehead atoms. The average Bonchev–Trinajstić information content (AvgIpc) is 2.82. The Morgan fingerprint density at radius 1 is 1.38 bits per heavy atom. The maximum absolute atomic E-state index is 11.8. The van der Waals surface area contributed by atoms with Crippen LogP contribution < -0.4 is 5.73 Å². The van der Waals surface area contributed by atoms with Gasteiger partial charge in [0, 0.05) is 18.4 Å². The molecule has 74 valence electrons. The summed E-state index contributed by atoms with van der Waals surface area (Å²) in [7, 11) is 0. The highest BCUT2D eigenvalue weighted by molar-refractivity contribution is 5.85. The standard InChI is InChI=1S/C11H19NO/c12-8-11(6-1-7-11)10(13)5-4-9-2-3-9/h9H,1-8,12H2. The number of ketones is 1. The van der Waals surface area contributed by atoms with E-state index >= 15 is 0 Å². The first-order valence-electron chi connectivity index (χ1n) is 5.50. The molecule has 0 radical (unpaired) electrons. The molecule has 0 amide bonds. The number of hydrogen-bond donors (Lipinski definition) is 1. The molecule has 2 nitrogen and oxygen atoms in total. The van der Waals surface area contributed by atoms with Gasteiger partial charge in [0.15, 0.2) is 0 Å². The summed E-state index contributed by atoms with van der Waals surface area (Å²) in [6.07, 6.45) is 7.92. The third kappa shape index (κ3) is 1.78. The van der Waals surface area contributed by atoms with Crippen molar-refractivity contribution in [2.45, 2.75) is 44.9 Å². The van der Waals surface area contributed by atoms with E-state index in [2.05, 4.69) is 0 Å². The molecule has 0 aliphatic heterocycles. The molecule has 0 aromatic heterocycles. The molecule has 2 N–H and O–H groups in total. The molecular formula is C11H19NO. The normalized spacial score (nSPS) is 25.3. The number of Topliss-reactive ketones (excluding diaryl/α,β-unsaturated/α-hetero) is 1. The highest BCUT2D eigenvalue weighted by Crippen LogP contribution is 2.43. The van der Waals surface area contributed by atoms with Gasteiger partial charge in [-0.2, -0.15) is 0 Å². The molecule has 2 heteroatoms. The second-order valence-corrected chi connectivity index (χ2v) is 4.74. The molecule has 2 aliphatic carbocycles. The summed E-state index contributed by atoms with van der Waals surface area (Å²) in [5.41, 5.74) is 5.60. The quantitative estimate of drug-likeness (QED) is 0.703. The Morgan fingerprint density at radius 3 is 2.46 bits per heavy atom. The Kier molecular flexibility index (Phi) is 2.41. The first-order valence-corrected chi connectivity index (χ1v) is 5.50. The number of carbonyl (C=O) groups is 1. The van der Waals surface area contributed by atoms with Crippen molar-refractivity contribution < 1.29 is 4.79 Å². The van der Waals surface area contributed by atoms with E-state index in [0.29, 0.717) is 12.3 Å². The van der Waals surface area contributed by atoms with Crippen molar-refractivity contribution in [2.75, 3.05) is 6.54 Å². The van der Waals surface area contributed by atoms with E-state index in [1.165, 1.54) is 19.3 Å². The molecule has 0 saturated heterocycles. The summed E-state index contributed by atoms with van der Waals surface area (Å²) in [5.74, 6) is 1.33. The minimum Gasteiger partial charge on any atom is -0.329 e. The van der Waals surface area contributed by atoms with Crippen LogP contribution in [0.5, 0.6) is 0 Å². The zero-order valence-corrected chi connectivity index (χ0v) is 8.22. The molecule has 2 fully saturated rings. The molecule has 2 saturated carbocycles. The van der Waals surface area contributed by atoms with E-state index in [0.717, 1.165) is 31.6 Å². The maximum atomic E-state index is 11.8. The number of nitrogens with two attached hydrogens (primary N) is 1. The van der Waals surface area contributed by atoms with Crippen LogP contribution in [0.3, 0.4) is 0 Å². The van der Waals surface area contributed by atoms with E-state index in [9.17, 15) is 4.79 Å². The van der Waals surface area contributed by atoms with Gasteiger partial charge in [0.25, 0.3) is 0 Å². The number of rotatable bonds is 5. The van der Waals surface area contributed by atoms with Crippen molar-refractivity contribution in [3.05, 3.63) is 0 Å². The molecular weight excluding hydrogens is 162 g/mol. The Morgan fingerprint density at radius 2 is 2.08 bits per heavy atom. The Balaban J connectivity index is 1.79. The first kappa shape index (κ1) is 9.20. The molecule has 0 spiro atoms. The Hall–Kier alpha value is -0.370. The van der Waals surface area contributed by atoms with Gasteiger partial charge in [-0.3, -0.25) is 4.79 Å². The van der Waals surface area contributed by atoms with Crippen LogP contribution in [0.15, 0.2) is 0 Å². The lowest BCUT2D eigenvalue weighted by atomic mass is 9.65. The van der Waals surface area contributed by atoms with Gasteiger partial charge < -0.3 is 5.73 Å². The largest absolute Gasteiger partial charge is 0.329 e. The average molecular weight is 181 g/mol. The number of hydrogen-bond acceptors (Lipinski definition) is 2. The third-order valence-electron chi connectivity index (χ3n) is 3.77. The van der Waals surface area contributed by atoms with Gasteiger partial charge in [-0.05, 0) is 25.2 Å². The summed E-state index contributed by atoms with van der Waals surface area (Å²) < 4.78 is 0. The van der Waals surface area contributed by atoms with Crippen LogP contribution in [0.4, 0.5) is 0 Å². The Bertz CT molecular complexity index is 199. The molecule has 2 rings (SSSR count). The lowest BCUT2D eigenvalue weighted by Gasteiger charge is -2.39. The zero-order chi connectivity index (χ0) is 9.31. The van der Waals surface area contributed by atoms with Crippen molar-refractivity contribution in [3.8, 4) is 0 Å². The van der Waals surface area contributed by atoms with E-state index in [1.54, 1.807) is 0 Å². The van der Waals surface area contributed by atoms with E-state index in [4.69, 9.17) is 5.73 Å². The van der Waals surface area contributed by atoms with Gasteiger partial charge in [0.2, 0.25) is 0 Å². The molecule has 13 heavy (non-hydrogen) atoms. The fourth-order valence-electron chi connectivity index (χ4n) is 2.21. The van der Waals surface area contributed by atoms with Crippen LogP contribution in [0, 0.1) is 11.3 Å². The summed E-state index contributed by atoms with van der Waals surface area (Å²) >= 11 is 0. The Labute approximate surface area is 79.9 Å². The van der Waals surface area contributed by atoms with Crippen molar-refractivity contribution in [1.82, 2.24) is 0 Å². The van der Waals surface area contributed by atoms with Crippen LogP contribution in [-0.2, 0) is 4.79 Å². The van der Waals surface area contributed by atoms with E-state index < -0.39 is 0 Å². The van der Waals surface area contributed by atoms with Gasteiger partial charge >= 0.3 is 0 Å². The molecule has 0 atom stereocenters. The maximum Gasteiger partial charge on any atom is 0.140 e. The van der Waals surface area contributed by atoms with Gasteiger partial charge in [-0.1, -0.05) is 19.3 Å². The van der Waals surface area contributed by atoms with Crippen molar-refractivity contribution in [1.29, 1.82) is 0 Å². The van der Waals surface area contributed by atoms with Gasteiger partial charge in [-0.25, -0.2) is 0 Å². The van der Waals surface area contributed by atoms with Crippen LogP contribution in [0.1, 0.15) is 44.9 Å². The second-order valence-electron chi connectivity index (χ2n) is 4.74. The molecule has 0 aromatic carbocycles. The highest BCUT2D eigenvalue weighted by Gasteiger charge is 2.42. The predicted octanol–water partition coefficient (Wildman–Crippen LogP) is 1.87. The fourth-order valence-corrected chi connectivity index (χ4v) is 2.21. The lowest BCUT2D eigenvalue weighted by molar-refractivity contribution is -0.133. The van der Waals surface area contributed by atoms with Gasteiger partial charge in [-0.15, -0.1) is 0 Å². The smallest absolute Gasteiger partial charge is 0.140 e. The van der Waals surface area contributed by atoms with Gasteiger partial charge in [0.05, 0.1) is 0 Å². The van der Waals surface area contributed by atoms with E-state index in [-0.39, 0.29) is 5.41 Å². The third-order valence-corrected chi connectivity index (χ3v) is 3.77. The van der Waals surface area contributed by atoms with Crippen molar-refractivity contribution in [2.24, 2.45) is 17.1 Å². The SMILES string of the molecule is NCC1(C(=O)CCC2CC2)CCC1. The molecule has 0 unspecified atom stereocenters. The van der Waals surface area contributed by atoms with Crippen LogP contribution in [0.2, 0.25) is 0 Å². The van der Waals surface area contributed by atoms with Crippen LogP contribution in [0.25, 0.3) is 0 Å². The summed E-state index contributed by atoms with van der Waals surface area (Å²) in [5, 5.41) is 0. The summed E-state index contributed by atoms with van der Waals surface area (Å²) in [6.45, 7) is 0.580. The van der Waals surface area contributed by atoms with Gasteiger partial charge in [0.1, 0.15) is 5.78 Å². The lowest BCUT2D eigenvalue weighted by Crippen LogP contribution is -2.44. The minimum absolute atomic E-state index is 0.0745. The molecule has 0 aromatic rings. The van der Waals surface area contributed by atoms with E-state index in [1.807, 2.05) is 0 Å². The monoisotopic (exact) mass is 181 g/mol. The highest BCUT2D eigenvalue weighted by atomic mass is 16.1. The summed E-state index contributed by atoms with van der Waals surface area (Å²) in [6, 6.07) is 0.